The van der Waals surface area contributed by atoms with E-state index in [1.54, 1.807) is 0 Å². The molecule has 0 saturated carbocycles. The predicted octanol–water partition coefficient (Wildman–Crippen LogP) is 7.56. The van der Waals surface area contributed by atoms with Gasteiger partial charge in [-0.05, 0) is 74.9 Å². The number of fused-ring (bicyclic) bond motifs is 8. The van der Waals surface area contributed by atoms with Crippen LogP contribution in [0.1, 0.15) is 22.3 Å². The molecule has 0 N–H and O–H groups in total. The van der Waals surface area contributed by atoms with Gasteiger partial charge in [-0.1, -0.05) is 86.5 Å². The van der Waals surface area contributed by atoms with Gasteiger partial charge in [-0.25, -0.2) is 0 Å². The first-order valence-electron chi connectivity index (χ1n) is 9.00. The lowest BCUT2D eigenvalue weighted by molar-refractivity contribution is 0.743. The summed E-state index contributed by atoms with van der Waals surface area (Å²) in [7, 11) is 0. The minimum absolute atomic E-state index is 0.265. The Morgan fingerprint density at radius 3 is 2.33 bits per heavy atom. The maximum Gasteiger partial charge on any atom is 0.0713 e. The molecule has 0 nitrogen and oxygen atoms in total. The van der Waals surface area contributed by atoms with Gasteiger partial charge in [0, 0.05) is 8.96 Å². The molecule has 27 heavy (non-hydrogen) atoms. The van der Waals surface area contributed by atoms with E-state index in [1.165, 1.54) is 49.0 Å². The molecule has 0 heterocycles. The van der Waals surface area contributed by atoms with Gasteiger partial charge in [0.2, 0.25) is 0 Å². The Kier molecular flexibility index (Phi) is 3.19. The van der Waals surface area contributed by atoms with Crippen molar-refractivity contribution in [2.45, 2.75) is 0 Å². The average Bonchev–Trinajstić information content (AvgIpc) is 3.24. The fourth-order valence-electron chi connectivity index (χ4n) is 4.77. The van der Waals surface area contributed by atoms with Crippen LogP contribution in [-0.2, 0) is 0 Å². The zero-order valence-electron chi connectivity index (χ0n) is 14.3. The van der Waals surface area contributed by atoms with Gasteiger partial charge in [-0.2, -0.15) is 0 Å². The number of benzene rings is 2. The lowest BCUT2D eigenvalue weighted by atomic mass is 9.65. The number of allylic oxidation sites excluding steroid dienone is 10. The Balaban J connectivity index is 1.62. The van der Waals surface area contributed by atoms with E-state index in [0.717, 1.165) is 4.47 Å². The number of hydrogen-bond donors (Lipinski definition) is 0. The van der Waals surface area contributed by atoms with Crippen molar-refractivity contribution in [2.24, 2.45) is 5.41 Å². The van der Waals surface area contributed by atoms with E-state index < -0.39 is 0 Å². The molecule has 0 fully saturated rings. The first-order valence-corrected chi connectivity index (χ1v) is 10.6. The minimum Gasteiger partial charge on any atom is -0.0646 e. The SMILES string of the molecule is BrC1=CC=C2C(=Cc3ccccc32)C12C=CC=C1C2=Cc2cc(Br)ccc21. The molecule has 2 aromatic rings. The predicted molar refractivity (Wildman–Crippen MR) is 121 cm³/mol. The normalized spacial score (nSPS) is 23.6. The lowest BCUT2D eigenvalue weighted by Gasteiger charge is -2.39. The van der Waals surface area contributed by atoms with Gasteiger partial charge in [-0.3, -0.25) is 0 Å². The van der Waals surface area contributed by atoms with Crippen LogP contribution in [0.5, 0.6) is 0 Å². The van der Waals surface area contributed by atoms with Crippen molar-refractivity contribution < 1.29 is 0 Å². The summed E-state index contributed by atoms with van der Waals surface area (Å²) in [6.45, 7) is 0. The molecule has 0 bridgehead atoms. The quantitative estimate of drug-likeness (QED) is 0.370. The topological polar surface area (TPSA) is 0 Å². The second-order valence-corrected chi connectivity index (χ2v) is 9.05. The molecule has 1 atom stereocenters. The van der Waals surface area contributed by atoms with E-state index in [9.17, 15) is 0 Å². The van der Waals surface area contributed by atoms with Crippen molar-refractivity contribution in [1.29, 1.82) is 0 Å². The summed E-state index contributed by atoms with van der Waals surface area (Å²) < 4.78 is 2.31. The Bertz CT molecular complexity index is 1230. The number of halogens is 2. The highest BCUT2D eigenvalue weighted by Gasteiger charge is 2.47. The fourth-order valence-corrected chi connectivity index (χ4v) is 5.84. The smallest absolute Gasteiger partial charge is 0.0646 e. The lowest BCUT2D eigenvalue weighted by Crippen LogP contribution is -2.27. The molecule has 4 aliphatic carbocycles. The van der Waals surface area contributed by atoms with Crippen LogP contribution < -0.4 is 0 Å². The second kappa shape index (κ2) is 5.43. The van der Waals surface area contributed by atoms with E-state index in [2.05, 4.69) is 117 Å². The van der Waals surface area contributed by atoms with Gasteiger partial charge in [0.1, 0.15) is 0 Å². The van der Waals surface area contributed by atoms with Crippen LogP contribution >= 0.6 is 31.9 Å². The van der Waals surface area contributed by atoms with Gasteiger partial charge in [0.05, 0.1) is 5.41 Å². The van der Waals surface area contributed by atoms with Crippen molar-refractivity contribution in [1.82, 2.24) is 0 Å². The molecule has 6 rings (SSSR count). The molecule has 1 spiro atoms. The molecule has 2 aromatic carbocycles. The van der Waals surface area contributed by atoms with Crippen LogP contribution in [0.25, 0.3) is 23.3 Å². The highest BCUT2D eigenvalue weighted by Crippen LogP contribution is 2.62. The molecule has 4 aliphatic rings. The van der Waals surface area contributed by atoms with E-state index in [1.807, 2.05) is 0 Å². The molecule has 0 saturated heterocycles. The van der Waals surface area contributed by atoms with E-state index in [-0.39, 0.29) is 5.41 Å². The first-order chi connectivity index (χ1) is 13.2. The minimum atomic E-state index is -0.265. The Morgan fingerprint density at radius 2 is 1.44 bits per heavy atom. The molecular weight excluding hydrogens is 460 g/mol. The molecular formula is C25H14Br2. The standard InChI is InChI=1S/C25H14Br2/c26-17-7-8-19-16(12-17)14-23-20(19)6-3-11-25(23)22-13-15-4-1-2-5-18(15)21(22)9-10-24(25)27/h1-14H. The van der Waals surface area contributed by atoms with Crippen molar-refractivity contribution in [3.8, 4) is 0 Å². The zero-order chi connectivity index (χ0) is 18.2. The summed E-state index contributed by atoms with van der Waals surface area (Å²) >= 11 is 7.55. The third-order valence-corrected chi connectivity index (χ3v) is 7.35. The van der Waals surface area contributed by atoms with Crippen molar-refractivity contribution in [2.75, 3.05) is 0 Å². The van der Waals surface area contributed by atoms with Crippen LogP contribution in [0.4, 0.5) is 0 Å². The van der Waals surface area contributed by atoms with Gasteiger partial charge < -0.3 is 0 Å². The second-order valence-electron chi connectivity index (χ2n) is 7.28. The Hall–Kier alpha value is -2.16. The summed E-state index contributed by atoms with van der Waals surface area (Å²) in [6, 6.07) is 15.2. The summed E-state index contributed by atoms with van der Waals surface area (Å²) in [4.78, 5) is 0. The maximum atomic E-state index is 3.93. The summed E-state index contributed by atoms with van der Waals surface area (Å²) in [5.74, 6) is 0. The zero-order valence-corrected chi connectivity index (χ0v) is 17.5. The van der Waals surface area contributed by atoms with Crippen LogP contribution in [0.15, 0.2) is 92.9 Å². The van der Waals surface area contributed by atoms with E-state index in [4.69, 9.17) is 0 Å². The Morgan fingerprint density at radius 1 is 0.704 bits per heavy atom. The Labute approximate surface area is 175 Å². The van der Waals surface area contributed by atoms with Crippen LogP contribution in [0, 0.1) is 5.41 Å². The van der Waals surface area contributed by atoms with Gasteiger partial charge >= 0.3 is 0 Å². The third kappa shape index (κ3) is 1.98. The highest BCUT2D eigenvalue weighted by atomic mass is 79.9. The van der Waals surface area contributed by atoms with E-state index >= 15 is 0 Å². The van der Waals surface area contributed by atoms with Crippen LogP contribution in [0.2, 0.25) is 0 Å². The van der Waals surface area contributed by atoms with Gasteiger partial charge in [0.15, 0.2) is 0 Å². The third-order valence-electron chi connectivity index (χ3n) is 5.97. The van der Waals surface area contributed by atoms with Gasteiger partial charge in [-0.15, -0.1) is 0 Å². The van der Waals surface area contributed by atoms with Crippen LogP contribution in [0.3, 0.4) is 0 Å². The van der Waals surface area contributed by atoms with Gasteiger partial charge in [0.25, 0.3) is 0 Å². The molecule has 1 unspecified atom stereocenters. The maximum absolute atomic E-state index is 3.93. The first kappa shape index (κ1) is 15.9. The largest absolute Gasteiger partial charge is 0.0713 e. The molecule has 0 aliphatic heterocycles. The molecule has 0 aromatic heterocycles. The average molecular weight is 474 g/mol. The molecule has 0 amide bonds. The van der Waals surface area contributed by atoms with Crippen molar-refractivity contribution >= 4 is 55.2 Å². The summed E-state index contributed by atoms with van der Waals surface area (Å²) in [6.07, 6.45) is 16.0. The molecule has 2 heteroatoms. The number of hydrogen-bond acceptors (Lipinski definition) is 0. The monoisotopic (exact) mass is 472 g/mol. The number of rotatable bonds is 0. The van der Waals surface area contributed by atoms with Crippen molar-refractivity contribution in [3.63, 3.8) is 0 Å². The fraction of sp³-hybridized carbons (Fsp3) is 0.0400. The summed E-state index contributed by atoms with van der Waals surface area (Å²) in [5.41, 5.74) is 10.3. The highest BCUT2D eigenvalue weighted by molar-refractivity contribution is 9.11. The summed E-state index contributed by atoms with van der Waals surface area (Å²) in [5, 5.41) is 0. The van der Waals surface area contributed by atoms with Crippen LogP contribution in [-0.4, -0.2) is 0 Å². The van der Waals surface area contributed by atoms with E-state index in [0.29, 0.717) is 0 Å². The molecule has 128 valence electrons. The van der Waals surface area contributed by atoms with Crippen molar-refractivity contribution in [3.05, 3.63) is 115 Å². The molecule has 0 radical (unpaired) electrons.